The van der Waals surface area contributed by atoms with Crippen molar-refractivity contribution in [3.8, 4) is 22.0 Å². The van der Waals surface area contributed by atoms with Crippen molar-refractivity contribution in [2.45, 2.75) is 32.7 Å². The van der Waals surface area contributed by atoms with Crippen LogP contribution in [0.25, 0.3) is 22.0 Å². The zero-order valence-corrected chi connectivity index (χ0v) is 14.6. The highest BCUT2D eigenvalue weighted by atomic mass is 32.1. The molecule has 24 heavy (non-hydrogen) atoms. The van der Waals surface area contributed by atoms with Gasteiger partial charge >= 0.3 is 0 Å². The van der Waals surface area contributed by atoms with Gasteiger partial charge in [-0.3, -0.25) is 4.79 Å². The summed E-state index contributed by atoms with van der Waals surface area (Å²) >= 11 is 1.36. The number of thiazole rings is 1. The SMILES string of the molecule is CCC[C@@H](C)NC(=O)c1sc(-c2ccco2)nc1-c1ccccc1. The molecule has 0 aliphatic rings. The molecule has 124 valence electrons. The standard InChI is InChI=1S/C19H20N2O2S/c1-3-8-13(2)20-18(22)17-16(14-9-5-4-6-10-14)21-19(24-17)15-11-7-12-23-15/h4-7,9-13H,3,8H2,1-2H3,(H,20,22)/t13-/m1/s1. The summed E-state index contributed by atoms with van der Waals surface area (Å²) in [7, 11) is 0. The third-order valence-electron chi connectivity index (χ3n) is 3.71. The summed E-state index contributed by atoms with van der Waals surface area (Å²) in [5.41, 5.74) is 1.63. The summed E-state index contributed by atoms with van der Waals surface area (Å²) in [4.78, 5) is 18.0. The lowest BCUT2D eigenvalue weighted by atomic mass is 10.1. The van der Waals surface area contributed by atoms with E-state index in [0.717, 1.165) is 18.4 Å². The maximum Gasteiger partial charge on any atom is 0.263 e. The Balaban J connectivity index is 1.98. The smallest absolute Gasteiger partial charge is 0.263 e. The quantitative estimate of drug-likeness (QED) is 0.688. The Hall–Kier alpha value is -2.40. The van der Waals surface area contributed by atoms with Gasteiger partial charge < -0.3 is 9.73 Å². The first-order valence-electron chi connectivity index (χ1n) is 8.10. The largest absolute Gasteiger partial charge is 0.462 e. The van der Waals surface area contributed by atoms with E-state index in [9.17, 15) is 4.79 Å². The predicted molar refractivity (Wildman–Crippen MR) is 97.1 cm³/mol. The van der Waals surface area contributed by atoms with Gasteiger partial charge in [0.15, 0.2) is 10.8 Å². The van der Waals surface area contributed by atoms with Gasteiger partial charge in [0.1, 0.15) is 4.88 Å². The van der Waals surface area contributed by atoms with Crippen LogP contribution >= 0.6 is 11.3 Å². The monoisotopic (exact) mass is 340 g/mol. The minimum Gasteiger partial charge on any atom is -0.462 e. The number of hydrogen-bond donors (Lipinski definition) is 1. The number of nitrogens with one attached hydrogen (secondary N) is 1. The van der Waals surface area contributed by atoms with Crippen LogP contribution in [-0.2, 0) is 0 Å². The van der Waals surface area contributed by atoms with E-state index in [4.69, 9.17) is 4.42 Å². The summed E-state index contributed by atoms with van der Waals surface area (Å²) in [6.07, 6.45) is 3.60. The van der Waals surface area contributed by atoms with E-state index < -0.39 is 0 Å². The third kappa shape index (κ3) is 3.57. The van der Waals surface area contributed by atoms with Crippen LogP contribution in [-0.4, -0.2) is 16.9 Å². The van der Waals surface area contributed by atoms with E-state index in [-0.39, 0.29) is 11.9 Å². The van der Waals surface area contributed by atoms with Crippen molar-refractivity contribution in [2.75, 3.05) is 0 Å². The maximum absolute atomic E-state index is 12.7. The lowest BCUT2D eigenvalue weighted by molar-refractivity contribution is 0.0943. The Morgan fingerprint density at radius 2 is 2.04 bits per heavy atom. The first-order chi connectivity index (χ1) is 11.7. The number of amides is 1. The first-order valence-corrected chi connectivity index (χ1v) is 8.91. The number of nitrogens with zero attached hydrogens (tertiary/aromatic N) is 1. The van der Waals surface area contributed by atoms with Gasteiger partial charge in [-0.05, 0) is 25.5 Å². The van der Waals surface area contributed by atoms with Crippen molar-refractivity contribution in [3.05, 3.63) is 53.6 Å². The van der Waals surface area contributed by atoms with Gasteiger partial charge in [-0.2, -0.15) is 0 Å². The maximum atomic E-state index is 12.7. The van der Waals surface area contributed by atoms with Crippen molar-refractivity contribution in [2.24, 2.45) is 0 Å². The minimum atomic E-state index is -0.0786. The average molecular weight is 340 g/mol. The van der Waals surface area contributed by atoms with E-state index in [1.807, 2.05) is 49.4 Å². The van der Waals surface area contributed by atoms with Crippen LogP contribution in [0, 0.1) is 0 Å². The van der Waals surface area contributed by atoms with E-state index >= 15 is 0 Å². The van der Waals surface area contributed by atoms with Gasteiger partial charge in [0.2, 0.25) is 0 Å². The fourth-order valence-electron chi connectivity index (χ4n) is 2.57. The van der Waals surface area contributed by atoms with Gasteiger partial charge in [-0.15, -0.1) is 11.3 Å². The van der Waals surface area contributed by atoms with Crippen molar-refractivity contribution in [1.82, 2.24) is 10.3 Å². The van der Waals surface area contributed by atoms with Gasteiger partial charge in [-0.25, -0.2) is 4.98 Å². The van der Waals surface area contributed by atoms with Crippen LogP contribution in [0.5, 0.6) is 0 Å². The highest BCUT2D eigenvalue weighted by molar-refractivity contribution is 7.17. The number of carbonyl (C=O) groups excluding carboxylic acids is 1. The molecule has 2 heterocycles. The van der Waals surface area contributed by atoms with Crippen LogP contribution in [0.2, 0.25) is 0 Å². The van der Waals surface area contributed by atoms with Crippen molar-refractivity contribution < 1.29 is 9.21 Å². The number of rotatable bonds is 6. The fourth-order valence-corrected chi connectivity index (χ4v) is 3.52. The Kier molecular flexibility index (Phi) is 5.11. The first kappa shape index (κ1) is 16.5. The normalized spacial score (nSPS) is 12.1. The lowest BCUT2D eigenvalue weighted by Crippen LogP contribution is -2.32. The fraction of sp³-hybridized carbons (Fsp3) is 0.263. The van der Waals surface area contributed by atoms with Crippen molar-refractivity contribution >= 4 is 17.2 Å². The van der Waals surface area contributed by atoms with Crippen LogP contribution in [0.3, 0.4) is 0 Å². The molecule has 1 amide bonds. The number of aromatic nitrogens is 1. The second-order valence-corrected chi connectivity index (χ2v) is 6.70. The summed E-state index contributed by atoms with van der Waals surface area (Å²) in [5, 5.41) is 3.78. The van der Waals surface area contributed by atoms with Gasteiger partial charge in [0.05, 0.1) is 12.0 Å². The molecule has 5 heteroatoms. The number of furan rings is 1. The van der Waals surface area contributed by atoms with Gasteiger partial charge in [-0.1, -0.05) is 43.7 Å². The number of benzene rings is 1. The van der Waals surface area contributed by atoms with E-state index in [2.05, 4.69) is 17.2 Å². The molecule has 1 N–H and O–H groups in total. The molecule has 0 spiro atoms. The molecular weight excluding hydrogens is 320 g/mol. The van der Waals surface area contributed by atoms with Crippen LogP contribution in [0.4, 0.5) is 0 Å². The molecule has 2 aromatic heterocycles. The van der Waals surface area contributed by atoms with Crippen LogP contribution < -0.4 is 5.32 Å². The molecule has 0 bridgehead atoms. The second kappa shape index (κ2) is 7.45. The molecule has 3 rings (SSSR count). The Bertz CT molecular complexity index is 794. The highest BCUT2D eigenvalue weighted by Gasteiger charge is 2.22. The number of hydrogen-bond acceptors (Lipinski definition) is 4. The molecular formula is C19H20N2O2S. The van der Waals surface area contributed by atoms with E-state index in [1.165, 1.54) is 11.3 Å². The molecule has 0 aliphatic heterocycles. The minimum absolute atomic E-state index is 0.0786. The van der Waals surface area contributed by atoms with Gasteiger partial charge in [0, 0.05) is 11.6 Å². The molecule has 4 nitrogen and oxygen atoms in total. The lowest BCUT2D eigenvalue weighted by Gasteiger charge is -2.12. The Labute approximate surface area is 145 Å². The summed E-state index contributed by atoms with van der Waals surface area (Å²) < 4.78 is 5.44. The molecule has 0 saturated carbocycles. The zero-order chi connectivity index (χ0) is 16.9. The second-order valence-electron chi connectivity index (χ2n) is 5.70. The summed E-state index contributed by atoms with van der Waals surface area (Å²) in [6.45, 7) is 4.14. The molecule has 0 radical (unpaired) electrons. The van der Waals surface area contributed by atoms with Crippen LogP contribution in [0.15, 0.2) is 53.1 Å². The summed E-state index contributed by atoms with van der Waals surface area (Å²) in [5.74, 6) is 0.600. The Morgan fingerprint density at radius 1 is 1.25 bits per heavy atom. The van der Waals surface area contributed by atoms with Crippen molar-refractivity contribution in [3.63, 3.8) is 0 Å². The summed E-state index contributed by atoms with van der Waals surface area (Å²) in [6, 6.07) is 13.6. The Morgan fingerprint density at radius 3 is 2.71 bits per heavy atom. The van der Waals surface area contributed by atoms with E-state index in [0.29, 0.717) is 21.3 Å². The van der Waals surface area contributed by atoms with E-state index in [1.54, 1.807) is 6.26 Å². The molecule has 0 unspecified atom stereocenters. The van der Waals surface area contributed by atoms with Crippen LogP contribution in [0.1, 0.15) is 36.4 Å². The average Bonchev–Trinajstić information content (AvgIpc) is 3.25. The van der Waals surface area contributed by atoms with Crippen molar-refractivity contribution in [1.29, 1.82) is 0 Å². The molecule has 1 atom stereocenters. The molecule has 0 fully saturated rings. The number of carbonyl (C=O) groups is 1. The molecule has 1 aromatic carbocycles. The highest BCUT2D eigenvalue weighted by Crippen LogP contribution is 2.34. The molecule has 0 saturated heterocycles. The van der Waals surface area contributed by atoms with Gasteiger partial charge in [0.25, 0.3) is 5.91 Å². The molecule has 3 aromatic rings. The third-order valence-corrected chi connectivity index (χ3v) is 4.78. The predicted octanol–water partition coefficient (Wildman–Crippen LogP) is 4.99. The molecule has 0 aliphatic carbocycles. The topological polar surface area (TPSA) is 55.1 Å². The zero-order valence-electron chi connectivity index (χ0n) is 13.8.